The molecule has 2 N–H and O–H groups in total. The molecule has 1 aromatic heterocycles. The molecule has 188 valence electrons. The molecule has 1 aromatic carbocycles. The monoisotopic (exact) mass is 486 g/mol. The lowest BCUT2D eigenvalue weighted by atomic mass is 9.85. The van der Waals surface area contributed by atoms with Crippen LogP contribution in [0.5, 0.6) is 0 Å². The highest BCUT2D eigenvalue weighted by Crippen LogP contribution is 2.41. The Labute approximate surface area is 195 Å². The van der Waals surface area contributed by atoms with E-state index in [1.165, 1.54) is 0 Å². The standard InChI is InChI=1S/C24H31F5N4O/c1-23(2,3)13-32-9-8-18-16(12-32)21(31-30-18)22(34)33-10-6-14(7-11-33)15-4-5-17(25)20(26)19(15)24(27,28)29/h4-5,14,22,34H,6-13H2,1-3H3,(H,30,31). The van der Waals surface area contributed by atoms with Crippen LogP contribution in [0.1, 0.15) is 73.8 Å². The molecule has 0 aliphatic carbocycles. The lowest BCUT2D eigenvalue weighted by Gasteiger charge is -2.36. The van der Waals surface area contributed by atoms with Crippen molar-refractivity contribution in [3.63, 3.8) is 0 Å². The second kappa shape index (κ2) is 9.20. The number of fused-ring (bicyclic) bond motifs is 1. The highest BCUT2D eigenvalue weighted by molar-refractivity contribution is 5.35. The topological polar surface area (TPSA) is 55.4 Å². The minimum Gasteiger partial charge on any atom is -0.372 e. The number of alkyl halides is 3. The fourth-order valence-electron chi connectivity index (χ4n) is 5.21. The minimum absolute atomic E-state index is 0.136. The Morgan fingerprint density at radius 3 is 2.41 bits per heavy atom. The molecule has 3 heterocycles. The average Bonchev–Trinajstić information content (AvgIpc) is 3.16. The van der Waals surface area contributed by atoms with E-state index in [1.807, 2.05) is 0 Å². The molecule has 0 saturated carbocycles. The molecule has 34 heavy (non-hydrogen) atoms. The van der Waals surface area contributed by atoms with E-state index in [0.717, 1.165) is 42.9 Å². The van der Waals surface area contributed by atoms with Crippen molar-refractivity contribution in [1.29, 1.82) is 0 Å². The summed E-state index contributed by atoms with van der Waals surface area (Å²) in [5.41, 5.74) is 0.922. The summed E-state index contributed by atoms with van der Waals surface area (Å²) < 4.78 is 67.9. The van der Waals surface area contributed by atoms with Gasteiger partial charge in [-0.15, -0.1) is 0 Å². The number of nitrogens with zero attached hydrogens (tertiary/aromatic N) is 3. The Bertz CT molecular complexity index is 1020. The second-order valence-corrected chi connectivity index (χ2v) is 10.6. The van der Waals surface area contributed by atoms with Gasteiger partial charge in [0, 0.05) is 50.4 Å². The van der Waals surface area contributed by atoms with Crippen LogP contribution in [0.4, 0.5) is 22.0 Å². The molecule has 1 unspecified atom stereocenters. The predicted molar refractivity (Wildman–Crippen MR) is 117 cm³/mol. The first-order chi connectivity index (χ1) is 15.8. The van der Waals surface area contributed by atoms with E-state index in [2.05, 4.69) is 35.9 Å². The number of aliphatic hydroxyl groups excluding tert-OH is 1. The van der Waals surface area contributed by atoms with E-state index in [9.17, 15) is 27.1 Å². The van der Waals surface area contributed by atoms with Crippen molar-refractivity contribution >= 4 is 0 Å². The number of likely N-dealkylation sites (tertiary alicyclic amines) is 1. The summed E-state index contributed by atoms with van der Waals surface area (Å²) >= 11 is 0. The summed E-state index contributed by atoms with van der Waals surface area (Å²) in [6, 6.07) is 1.78. The number of benzene rings is 1. The van der Waals surface area contributed by atoms with Gasteiger partial charge < -0.3 is 5.11 Å². The fraction of sp³-hybridized carbons (Fsp3) is 0.625. The van der Waals surface area contributed by atoms with E-state index < -0.39 is 35.5 Å². The van der Waals surface area contributed by atoms with Gasteiger partial charge in [0.25, 0.3) is 0 Å². The quantitative estimate of drug-likeness (QED) is 0.599. The van der Waals surface area contributed by atoms with Crippen molar-refractivity contribution in [2.75, 3.05) is 26.2 Å². The number of piperidine rings is 1. The number of rotatable bonds is 4. The molecule has 2 aromatic rings. The summed E-state index contributed by atoms with van der Waals surface area (Å²) in [4.78, 5) is 4.12. The first kappa shape index (κ1) is 25.1. The van der Waals surface area contributed by atoms with Gasteiger partial charge in [-0.05, 0) is 35.8 Å². The zero-order valence-corrected chi connectivity index (χ0v) is 19.6. The highest BCUT2D eigenvalue weighted by atomic mass is 19.4. The number of aromatic nitrogens is 2. The molecule has 1 fully saturated rings. The van der Waals surface area contributed by atoms with E-state index >= 15 is 0 Å². The molecule has 0 spiro atoms. The van der Waals surface area contributed by atoms with Gasteiger partial charge in [-0.3, -0.25) is 14.9 Å². The largest absolute Gasteiger partial charge is 0.419 e. The maximum Gasteiger partial charge on any atom is 0.419 e. The van der Waals surface area contributed by atoms with Gasteiger partial charge in [-0.25, -0.2) is 8.78 Å². The second-order valence-electron chi connectivity index (χ2n) is 10.6. The van der Waals surface area contributed by atoms with Crippen LogP contribution in [0.15, 0.2) is 12.1 Å². The molecule has 2 aliphatic rings. The van der Waals surface area contributed by atoms with Crippen LogP contribution in [0.2, 0.25) is 0 Å². The third-order valence-corrected chi connectivity index (χ3v) is 6.71. The summed E-state index contributed by atoms with van der Waals surface area (Å²) in [5.74, 6) is -3.94. The van der Waals surface area contributed by atoms with Crippen molar-refractivity contribution < 1.29 is 27.1 Å². The molecule has 2 aliphatic heterocycles. The molecular weight excluding hydrogens is 455 g/mol. The summed E-state index contributed by atoms with van der Waals surface area (Å²) in [5, 5.41) is 18.5. The molecule has 4 rings (SSSR count). The fourth-order valence-corrected chi connectivity index (χ4v) is 5.21. The lowest BCUT2D eigenvalue weighted by Crippen LogP contribution is -2.39. The Hall–Kier alpha value is -2.04. The van der Waals surface area contributed by atoms with Crippen LogP contribution < -0.4 is 0 Å². The first-order valence-electron chi connectivity index (χ1n) is 11.6. The van der Waals surface area contributed by atoms with Crippen molar-refractivity contribution in [3.8, 4) is 0 Å². The van der Waals surface area contributed by atoms with Crippen molar-refractivity contribution in [1.82, 2.24) is 20.0 Å². The Kier molecular flexibility index (Phi) is 6.78. The van der Waals surface area contributed by atoms with Crippen LogP contribution >= 0.6 is 0 Å². The predicted octanol–water partition coefficient (Wildman–Crippen LogP) is 4.98. The SMILES string of the molecule is CC(C)(C)CN1CCc2[nH]nc(C(O)N3CCC(c4ccc(F)c(F)c4C(F)(F)F)CC3)c2C1. The molecule has 0 bridgehead atoms. The summed E-state index contributed by atoms with van der Waals surface area (Å²) in [6.45, 7) is 9.65. The molecule has 1 saturated heterocycles. The van der Waals surface area contributed by atoms with E-state index in [0.29, 0.717) is 25.3 Å². The van der Waals surface area contributed by atoms with Crippen LogP contribution in [-0.4, -0.2) is 51.3 Å². The number of hydrogen-bond donors (Lipinski definition) is 2. The van der Waals surface area contributed by atoms with Crippen LogP contribution in [0, 0.1) is 17.0 Å². The van der Waals surface area contributed by atoms with Crippen molar-refractivity contribution in [2.45, 2.75) is 64.9 Å². The summed E-state index contributed by atoms with van der Waals surface area (Å²) in [6.07, 6.45) is -4.58. The number of aromatic amines is 1. The highest BCUT2D eigenvalue weighted by Gasteiger charge is 2.41. The molecular formula is C24H31F5N4O. The van der Waals surface area contributed by atoms with Gasteiger partial charge in [0.2, 0.25) is 0 Å². The van der Waals surface area contributed by atoms with Crippen molar-refractivity contribution in [3.05, 3.63) is 51.8 Å². The normalized spacial score (nSPS) is 19.9. The van der Waals surface area contributed by atoms with Gasteiger partial charge in [-0.1, -0.05) is 26.8 Å². The van der Waals surface area contributed by atoms with E-state index in [1.54, 1.807) is 4.90 Å². The number of H-pyrrole nitrogens is 1. The maximum atomic E-state index is 14.0. The van der Waals surface area contributed by atoms with Gasteiger partial charge in [0.15, 0.2) is 17.9 Å². The van der Waals surface area contributed by atoms with Crippen LogP contribution in [0.25, 0.3) is 0 Å². The van der Waals surface area contributed by atoms with Gasteiger partial charge >= 0.3 is 6.18 Å². The zero-order valence-electron chi connectivity index (χ0n) is 19.6. The first-order valence-corrected chi connectivity index (χ1v) is 11.6. The average molecular weight is 487 g/mol. The molecule has 10 heteroatoms. The number of halogens is 5. The molecule has 5 nitrogen and oxygen atoms in total. The number of hydrogen-bond acceptors (Lipinski definition) is 4. The van der Waals surface area contributed by atoms with Crippen molar-refractivity contribution in [2.24, 2.45) is 5.41 Å². The Morgan fingerprint density at radius 2 is 1.79 bits per heavy atom. The summed E-state index contributed by atoms with van der Waals surface area (Å²) in [7, 11) is 0. The molecule has 0 radical (unpaired) electrons. The molecule has 1 atom stereocenters. The number of aliphatic hydroxyl groups is 1. The third-order valence-electron chi connectivity index (χ3n) is 6.71. The van der Waals surface area contributed by atoms with Gasteiger partial charge in [-0.2, -0.15) is 18.3 Å². The lowest BCUT2D eigenvalue weighted by molar-refractivity contribution is -0.141. The molecule has 0 amide bonds. The zero-order chi connectivity index (χ0) is 24.8. The third kappa shape index (κ3) is 5.13. The van der Waals surface area contributed by atoms with Gasteiger partial charge in [0.05, 0.1) is 5.56 Å². The van der Waals surface area contributed by atoms with E-state index in [4.69, 9.17) is 0 Å². The van der Waals surface area contributed by atoms with Crippen LogP contribution in [-0.2, 0) is 19.1 Å². The Morgan fingerprint density at radius 1 is 1.12 bits per heavy atom. The smallest absolute Gasteiger partial charge is 0.372 e. The van der Waals surface area contributed by atoms with E-state index in [-0.39, 0.29) is 23.8 Å². The van der Waals surface area contributed by atoms with Crippen LogP contribution in [0.3, 0.4) is 0 Å². The van der Waals surface area contributed by atoms with Gasteiger partial charge in [0.1, 0.15) is 5.69 Å². The number of nitrogens with one attached hydrogen (secondary N) is 1. The Balaban J connectivity index is 1.47. The minimum atomic E-state index is -4.98. The maximum absolute atomic E-state index is 14.0.